The molecule has 112 valence electrons. The molecule has 5 heteroatoms. The molecule has 0 radical (unpaired) electrons. The van der Waals surface area contributed by atoms with Crippen LogP contribution in [0.25, 0.3) is 0 Å². The summed E-state index contributed by atoms with van der Waals surface area (Å²) in [6.07, 6.45) is 0. The lowest BCUT2D eigenvalue weighted by molar-refractivity contribution is 0.199. The lowest BCUT2D eigenvalue weighted by Crippen LogP contribution is -2.18. The predicted molar refractivity (Wildman–Crippen MR) is 86.6 cm³/mol. The van der Waals surface area contributed by atoms with Gasteiger partial charge in [0.25, 0.3) is 0 Å². The predicted octanol–water partition coefficient (Wildman–Crippen LogP) is 4.52. The van der Waals surface area contributed by atoms with Crippen LogP contribution < -0.4 is 10.1 Å². The number of rotatable bonds is 7. The second kappa shape index (κ2) is 8.25. The molecule has 0 unspecified atom stereocenters. The van der Waals surface area contributed by atoms with E-state index in [4.69, 9.17) is 32.7 Å². The van der Waals surface area contributed by atoms with Crippen molar-refractivity contribution in [2.24, 2.45) is 0 Å². The van der Waals surface area contributed by atoms with E-state index in [0.717, 1.165) is 18.7 Å². The summed E-state index contributed by atoms with van der Waals surface area (Å²) in [7, 11) is 1.68. The largest absolute Gasteiger partial charge is 0.454 e. The zero-order valence-electron chi connectivity index (χ0n) is 11.7. The van der Waals surface area contributed by atoms with Gasteiger partial charge in [0.05, 0.1) is 16.7 Å². The van der Waals surface area contributed by atoms with Gasteiger partial charge in [-0.15, -0.1) is 0 Å². The number of halogens is 2. The first-order chi connectivity index (χ1) is 10.2. The minimum absolute atomic E-state index is 0.555. The Labute approximate surface area is 134 Å². The average Bonchev–Trinajstić information content (AvgIpc) is 2.48. The van der Waals surface area contributed by atoms with Crippen LogP contribution in [0.3, 0.4) is 0 Å². The van der Waals surface area contributed by atoms with Crippen molar-refractivity contribution in [3.8, 4) is 11.5 Å². The zero-order chi connectivity index (χ0) is 15.1. The first kappa shape index (κ1) is 16.1. The summed E-state index contributed by atoms with van der Waals surface area (Å²) in [5, 5.41) is 4.37. The number of nitrogens with one attached hydrogen (secondary N) is 1. The Kier molecular flexibility index (Phi) is 6.33. The molecule has 0 bridgehead atoms. The molecule has 1 N–H and O–H groups in total. The lowest BCUT2D eigenvalue weighted by atomic mass is 10.2. The highest BCUT2D eigenvalue weighted by Gasteiger charge is 2.07. The summed E-state index contributed by atoms with van der Waals surface area (Å²) < 4.78 is 10.7. The van der Waals surface area contributed by atoms with Gasteiger partial charge in [-0.3, -0.25) is 0 Å². The Bertz CT molecular complexity index is 590. The molecule has 0 fully saturated rings. The summed E-state index contributed by atoms with van der Waals surface area (Å²) in [6, 6.07) is 13.0. The summed E-state index contributed by atoms with van der Waals surface area (Å²) in [5.74, 6) is 1.18. The van der Waals surface area contributed by atoms with Gasteiger partial charge in [-0.25, -0.2) is 0 Å². The average molecular weight is 326 g/mol. The van der Waals surface area contributed by atoms with Crippen LogP contribution in [-0.2, 0) is 11.3 Å². The Balaban J connectivity index is 2.01. The number of methoxy groups -OCH3 is 1. The standard InChI is InChI=1S/C16H17Cl2NO2/c1-20-9-8-19-11-12-6-7-16(14(18)10-12)21-15-5-3-2-4-13(15)17/h2-7,10,19H,8-9,11H2,1H3. The molecule has 0 aromatic heterocycles. The zero-order valence-corrected chi connectivity index (χ0v) is 13.2. The van der Waals surface area contributed by atoms with E-state index in [1.165, 1.54) is 0 Å². The topological polar surface area (TPSA) is 30.5 Å². The quantitative estimate of drug-likeness (QED) is 0.759. The highest BCUT2D eigenvalue weighted by Crippen LogP contribution is 2.33. The Morgan fingerprint density at radius 2 is 1.76 bits per heavy atom. The van der Waals surface area contributed by atoms with Gasteiger partial charge < -0.3 is 14.8 Å². The van der Waals surface area contributed by atoms with E-state index >= 15 is 0 Å². The highest BCUT2D eigenvalue weighted by atomic mass is 35.5. The second-order valence-electron chi connectivity index (χ2n) is 4.47. The third-order valence-corrected chi connectivity index (χ3v) is 3.47. The smallest absolute Gasteiger partial charge is 0.146 e. The van der Waals surface area contributed by atoms with Gasteiger partial charge in [-0.2, -0.15) is 0 Å². The molecule has 0 heterocycles. The van der Waals surface area contributed by atoms with Crippen molar-refractivity contribution in [1.82, 2.24) is 5.32 Å². The van der Waals surface area contributed by atoms with E-state index in [1.807, 2.05) is 30.3 Å². The van der Waals surface area contributed by atoms with Crippen LogP contribution in [0.5, 0.6) is 11.5 Å². The van der Waals surface area contributed by atoms with Crippen molar-refractivity contribution in [2.75, 3.05) is 20.3 Å². The van der Waals surface area contributed by atoms with Gasteiger partial charge in [-0.05, 0) is 29.8 Å². The highest BCUT2D eigenvalue weighted by molar-refractivity contribution is 6.32. The Morgan fingerprint density at radius 3 is 2.48 bits per heavy atom. The lowest BCUT2D eigenvalue weighted by Gasteiger charge is -2.11. The Hall–Kier alpha value is -1.26. The van der Waals surface area contributed by atoms with E-state index in [9.17, 15) is 0 Å². The van der Waals surface area contributed by atoms with Crippen LogP contribution in [0.2, 0.25) is 10.0 Å². The van der Waals surface area contributed by atoms with Gasteiger partial charge in [0.2, 0.25) is 0 Å². The maximum absolute atomic E-state index is 6.25. The van der Waals surface area contributed by atoms with Crippen LogP contribution >= 0.6 is 23.2 Å². The summed E-state index contributed by atoms with van der Waals surface area (Å²) >= 11 is 12.3. The van der Waals surface area contributed by atoms with Crippen molar-refractivity contribution in [1.29, 1.82) is 0 Å². The maximum Gasteiger partial charge on any atom is 0.146 e. The number of benzene rings is 2. The van der Waals surface area contributed by atoms with Crippen molar-refractivity contribution in [2.45, 2.75) is 6.54 Å². The number of ether oxygens (including phenoxy) is 2. The molecule has 0 saturated carbocycles. The molecule has 21 heavy (non-hydrogen) atoms. The molecule has 0 aliphatic rings. The van der Waals surface area contributed by atoms with Crippen molar-refractivity contribution in [3.63, 3.8) is 0 Å². The third kappa shape index (κ3) is 4.90. The monoisotopic (exact) mass is 325 g/mol. The van der Waals surface area contributed by atoms with E-state index in [-0.39, 0.29) is 0 Å². The number of hydrogen-bond acceptors (Lipinski definition) is 3. The van der Waals surface area contributed by atoms with Crippen LogP contribution in [0, 0.1) is 0 Å². The maximum atomic E-state index is 6.25. The molecule has 2 aromatic carbocycles. The van der Waals surface area contributed by atoms with Gasteiger partial charge in [0.15, 0.2) is 0 Å². The fourth-order valence-electron chi connectivity index (χ4n) is 1.79. The van der Waals surface area contributed by atoms with Gasteiger partial charge >= 0.3 is 0 Å². The second-order valence-corrected chi connectivity index (χ2v) is 5.28. The molecular formula is C16H17Cl2NO2. The van der Waals surface area contributed by atoms with Crippen LogP contribution in [0.1, 0.15) is 5.56 Å². The summed E-state index contributed by atoms with van der Waals surface area (Å²) in [6.45, 7) is 2.21. The molecule has 0 aliphatic carbocycles. The SMILES string of the molecule is COCCNCc1ccc(Oc2ccccc2Cl)c(Cl)c1. The van der Waals surface area contributed by atoms with E-state index < -0.39 is 0 Å². The molecule has 2 aromatic rings. The van der Waals surface area contributed by atoms with Crippen molar-refractivity contribution >= 4 is 23.2 Å². The fourth-order valence-corrected chi connectivity index (χ4v) is 2.21. The molecule has 3 nitrogen and oxygen atoms in total. The molecule has 0 aliphatic heterocycles. The molecular weight excluding hydrogens is 309 g/mol. The Morgan fingerprint density at radius 1 is 1.00 bits per heavy atom. The van der Waals surface area contributed by atoms with Crippen LogP contribution in [0.4, 0.5) is 0 Å². The van der Waals surface area contributed by atoms with Crippen molar-refractivity contribution in [3.05, 3.63) is 58.1 Å². The molecule has 2 rings (SSSR count). The van der Waals surface area contributed by atoms with Crippen molar-refractivity contribution < 1.29 is 9.47 Å². The summed E-state index contributed by atoms with van der Waals surface area (Å²) in [4.78, 5) is 0. The molecule has 0 spiro atoms. The number of hydrogen-bond donors (Lipinski definition) is 1. The fraction of sp³-hybridized carbons (Fsp3) is 0.250. The molecule has 0 saturated heterocycles. The summed E-state index contributed by atoms with van der Waals surface area (Å²) in [5.41, 5.74) is 1.09. The van der Waals surface area contributed by atoms with Crippen LogP contribution in [0.15, 0.2) is 42.5 Å². The first-order valence-electron chi connectivity index (χ1n) is 6.61. The minimum atomic E-state index is 0.555. The molecule has 0 amide bonds. The molecule has 0 atom stereocenters. The van der Waals surface area contributed by atoms with Crippen LogP contribution in [-0.4, -0.2) is 20.3 Å². The first-order valence-corrected chi connectivity index (χ1v) is 7.37. The van der Waals surface area contributed by atoms with E-state index in [0.29, 0.717) is 28.2 Å². The number of para-hydroxylation sites is 1. The van der Waals surface area contributed by atoms with Gasteiger partial charge in [-0.1, -0.05) is 41.4 Å². The van der Waals surface area contributed by atoms with E-state index in [2.05, 4.69) is 5.32 Å². The minimum Gasteiger partial charge on any atom is -0.454 e. The van der Waals surface area contributed by atoms with Gasteiger partial charge in [0, 0.05) is 20.2 Å². The van der Waals surface area contributed by atoms with Gasteiger partial charge in [0.1, 0.15) is 11.5 Å². The normalized spacial score (nSPS) is 10.6. The van der Waals surface area contributed by atoms with E-state index in [1.54, 1.807) is 19.2 Å². The third-order valence-electron chi connectivity index (χ3n) is 2.86.